The molecule has 6 nitrogen and oxygen atoms in total. The van der Waals surface area contributed by atoms with E-state index in [2.05, 4.69) is 21.2 Å². The zero-order chi connectivity index (χ0) is 25.2. The van der Waals surface area contributed by atoms with E-state index in [1.165, 1.54) is 6.08 Å². The van der Waals surface area contributed by atoms with E-state index in [1.54, 1.807) is 36.4 Å². The molecule has 3 rings (SSSR count). The van der Waals surface area contributed by atoms with Crippen LogP contribution in [0.2, 0.25) is 0 Å². The maximum Gasteiger partial charge on any atom is 0.266 e. The molecular weight excluding hydrogens is 508 g/mol. The number of hydrogen-bond acceptors (Lipinski definition) is 5. The molecule has 0 saturated carbocycles. The van der Waals surface area contributed by atoms with Crippen LogP contribution in [-0.2, 0) is 11.4 Å². The van der Waals surface area contributed by atoms with E-state index in [1.807, 2.05) is 57.2 Å². The molecular formula is C28H27BrN2O4. The number of halogens is 1. The molecule has 0 spiro atoms. The Hall–Kier alpha value is -3.76. The second kappa shape index (κ2) is 12.6. The Morgan fingerprint density at radius 2 is 1.80 bits per heavy atom. The first-order chi connectivity index (χ1) is 16.9. The first-order valence-electron chi connectivity index (χ1n) is 11.2. The highest BCUT2D eigenvalue weighted by Crippen LogP contribution is 2.38. The number of benzene rings is 3. The second-order valence-electron chi connectivity index (χ2n) is 7.85. The summed E-state index contributed by atoms with van der Waals surface area (Å²) in [6, 6.07) is 22.4. The number of anilines is 1. The topological polar surface area (TPSA) is 80.6 Å². The summed E-state index contributed by atoms with van der Waals surface area (Å²) in [4.78, 5) is 12.8. The predicted molar refractivity (Wildman–Crippen MR) is 141 cm³/mol. The van der Waals surface area contributed by atoms with Gasteiger partial charge in [0.15, 0.2) is 11.5 Å². The molecule has 7 heteroatoms. The van der Waals surface area contributed by atoms with Crippen LogP contribution in [0.5, 0.6) is 17.2 Å². The molecule has 3 aromatic rings. The van der Waals surface area contributed by atoms with Crippen LogP contribution in [0.4, 0.5) is 5.69 Å². The summed E-state index contributed by atoms with van der Waals surface area (Å²) in [6.07, 6.45) is 1.47. The lowest BCUT2D eigenvalue weighted by Gasteiger charge is -2.17. The molecule has 180 valence electrons. The Balaban J connectivity index is 1.71. The van der Waals surface area contributed by atoms with Crippen LogP contribution in [0.15, 0.2) is 76.8 Å². The van der Waals surface area contributed by atoms with Gasteiger partial charge in [-0.15, -0.1) is 0 Å². The van der Waals surface area contributed by atoms with Gasteiger partial charge in [0.1, 0.15) is 24.0 Å². The summed E-state index contributed by atoms with van der Waals surface area (Å²) in [5.74, 6) is 1.28. The van der Waals surface area contributed by atoms with Crippen LogP contribution < -0.4 is 19.5 Å². The van der Waals surface area contributed by atoms with E-state index in [4.69, 9.17) is 14.2 Å². The lowest BCUT2D eigenvalue weighted by molar-refractivity contribution is -0.112. The molecule has 0 saturated heterocycles. The Kier molecular flexibility index (Phi) is 9.33. The number of carbonyl (C=O) groups is 1. The third-order valence-corrected chi connectivity index (χ3v) is 5.31. The smallest absolute Gasteiger partial charge is 0.266 e. The first-order valence-corrected chi connectivity index (χ1v) is 12.0. The summed E-state index contributed by atoms with van der Waals surface area (Å²) < 4.78 is 18.0. The van der Waals surface area contributed by atoms with Crippen molar-refractivity contribution in [2.45, 2.75) is 33.5 Å². The van der Waals surface area contributed by atoms with E-state index in [9.17, 15) is 10.1 Å². The van der Waals surface area contributed by atoms with Crippen molar-refractivity contribution in [1.29, 1.82) is 5.26 Å². The van der Waals surface area contributed by atoms with E-state index >= 15 is 0 Å². The number of carbonyl (C=O) groups excluding carboxylic acids is 1. The molecule has 0 aromatic heterocycles. The Morgan fingerprint density at radius 1 is 1.09 bits per heavy atom. The maximum absolute atomic E-state index is 12.8. The van der Waals surface area contributed by atoms with Gasteiger partial charge in [0.2, 0.25) is 0 Å². The molecule has 0 aliphatic heterocycles. The third-order valence-electron chi connectivity index (χ3n) is 4.72. The van der Waals surface area contributed by atoms with Gasteiger partial charge in [0.05, 0.1) is 17.2 Å². The van der Waals surface area contributed by atoms with Crippen LogP contribution in [0.25, 0.3) is 6.08 Å². The van der Waals surface area contributed by atoms with Gasteiger partial charge in [0, 0.05) is 5.69 Å². The van der Waals surface area contributed by atoms with Crippen molar-refractivity contribution in [3.05, 3.63) is 87.9 Å². The normalized spacial score (nSPS) is 11.0. The number of nitriles is 1. The third kappa shape index (κ3) is 7.62. The largest absolute Gasteiger partial charge is 0.490 e. The van der Waals surface area contributed by atoms with Gasteiger partial charge in [-0.05, 0) is 90.3 Å². The Bertz CT molecular complexity index is 1220. The molecule has 0 unspecified atom stereocenters. The molecule has 0 radical (unpaired) electrons. The van der Waals surface area contributed by atoms with E-state index in [0.29, 0.717) is 46.2 Å². The fraction of sp³-hybridized carbons (Fsp3) is 0.214. The molecule has 0 aliphatic carbocycles. The highest BCUT2D eigenvalue weighted by Gasteiger charge is 2.15. The Morgan fingerprint density at radius 3 is 2.43 bits per heavy atom. The number of nitrogens with zero attached hydrogens (tertiary/aromatic N) is 1. The van der Waals surface area contributed by atoms with Crippen LogP contribution in [0.3, 0.4) is 0 Å². The molecule has 0 atom stereocenters. The van der Waals surface area contributed by atoms with Crippen LogP contribution in [0, 0.1) is 11.3 Å². The molecule has 3 aromatic carbocycles. The van der Waals surface area contributed by atoms with Crippen LogP contribution in [0.1, 0.15) is 31.9 Å². The minimum absolute atomic E-state index is 0.0394. The van der Waals surface area contributed by atoms with Crippen LogP contribution in [-0.4, -0.2) is 18.6 Å². The average Bonchev–Trinajstić information content (AvgIpc) is 2.85. The van der Waals surface area contributed by atoms with Crippen molar-refractivity contribution in [2.24, 2.45) is 0 Å². The van der Waals surface area contributed by atoms with Crippen molar-refractivity contribution in [3.63, 3.8) is 0 Å². The quantitative estimate of drug-likeness (QED) is 0.229. The van der Waals surface area contributed by atoms with Gasteiger partial charge >= 0.3 is 0 Å². The average molecular weight is 535 g/mol. The summed E-state index contributed by atoms with van der Waals surface area (Å²) in [6.45, 7) is 6.63. The lowest BCUT2D eigenvalue weighted by atomic mass is 10.1. The fourth-order valence-corrected chi connectivity index (χ4v) is 3.73. The number of rotatable bonds is 10. The maximum atomic E-state index is 12.8. The van der Waals surface area contributed by atoms with Crippen molar-refractivity contribution in [2.75, 3.05) is 11.9 Å². The standard InChI is InChI=1S/C28H27BrN2O4/c1-4-33-26-16-21(15-25(29)27(26)35-19(2)3)14-22(17-30)28(32)31-23-10-12-24(13-11-23)34-18-20-8-6-5-7-9-20/h5-16,19H,4,18H2,1-3H3,(H,31,32)/b22-14+. The summed E-state index contributed by atoms with van der Waals surface area (Å²) in [5, 5.41) is 12.4. The first kappa shape index (κ1) is 25.9. The number of ether oxygens (including phenoxy) is 3. The number of nitrogens with one attached hydrogen (secondary N) is 1. The van der Waals surface area contributed by atoms with Gasteiger partial charge in [-0.25, -0.2) is 0 Å². The van der Waals surface area contributed by atoms with Crippen molar-refractivity contribution in [1.82, 2.24) is 0 Å². The summed E-state index contributed by atoms with van der Waals surface area (Å²) in [7, 11) is 0. The zero-order valence-electron chi connectivity index (χ0n) is 19.9. The van der Waals surface area contributed by atoms with Gasteiger partial charge < -0.3 is 19.5 Å². The number of amides is 1. The molecule has 0 aliphatic rings. The van der Waals surface area contributed by atoms with E-state index < -0.39 is 5.91 Å². The fourth-order valence-electron chi connectivity index (χ4n) is 3.17. The molecule has 1 amide bonds. The lowest BCUT2D eigenvalue weighted by Crippen LogP contribution is -2.13. The van der Waals surface area contributed by atoms with Gasteiger partial charge in [-0.1, -0.05) is 30.3 Å². The molecule has 1 N–H and O–H groups in total. The molecule has 0 fully saturated rings. The Labute approximate surface area is 214 Å². The van der Waals surface area contributed by atoms with Gasteiger partial charge in [-0.2, -0.15) is 5.26 Å². The second-order valence-corrected chi connectivity index (χ2v) is 8.71. The van der Waals surface area contributed by atoms with Crippen LogP contribution >= 0.6 is 15.9 Å². The minimum Gasteiger partial charge on any atom is -0.490 e. The monoisotopic (exact) mass is 534 g/mol. The summed E-state index contributed by atoms with van der Waals surface area (Å²) in [5.41, 5.74) is 2.21. The minimum atomic E-state index is -0.512. The van der Waals surface area contributed by atoms with Gasteiger partial charge in [0.25, 0.3) is 5.91 Å². The highest BCUT2D eigenvalue weighted by atomic mass is 79.9. The van der Waals surface area contributed by atoms with Crippen molar-refractivity contribution < 1.29 is 19.0 Å². The SMILES string of the molecule is CCOc1cc(/C=C(\C#N)C(=O)Nc2ccc(OCc3ccccc3)cc2)cc(Br)c1OC(C)C. The molecule has 0 heterocycles. The van der Waals surface area contributed by atoms with E-state index in [0.717, 1.165) is 5.56 Å². The van der Waals surface area contributed by atoms with Crippen molar-refractivity contribution in [3.8, 4) is 23.3 Å². The number of hydrogen-bond donors (Lipinski definition) is 1. The van der Waals surface area contributed by atoms with E-state index in [-0.39, 0.29) is 11.7 Å². The van der Waals surface area contributed by atoms with Gasteiger partial charge in [-0.3, -0.25) is 4.79 Å². The molecule has 35 heavy (non-hydrogen) atoms. The highest BCUT2D eigenvalue weighted by molar-refractivity contribution is 9.10. The van der Waals surface area contributed by atoms with Crippen molar-refractivity contribution >= 4 is 33.6 Å². The predicted octanol–water partition coefficient (Wildman–Crippen LogP) is 6.76. The zero-order valence-corrected chi connectivity index (χ0v) is 21.5. The summed E-state index contributed by atoms with van der Waals surface area (Å²) >= 11 is 3.50. The molecule has 0 bridgehead atoms.